The molecule has 25 heavy (non-hydrogen) atoms. The quantitative estimate of drug-likeness (QED) is 0.737. The lowest BCUT2D eigenvalue weighted by molar-refractivity contribution is -0.858. The number of carbonyl (C=O) groups excluding carboxylic acids is 1. The van der Waals surface area contributed by atoms with Crippen molar-refractivity contribution in [1.82, 2.24) is 4.98 Å². The van der Waals surface area contributed by atoms with Gasteiger partial charge in [0.05, 0.1) is 37.1 Å². The van der Waals surface area contributed by atoms with Crippen LogP contribution in [0.2, 0.25) is 0 Å². The zero-order valence-corrected chi connectivity index (χ0v) is 15.9. The molecule has 1 N–H and O–H groups in total. The Kier molecular flexibility index (Phi) is 5.20. The van der Waals surface area contributed by atoms with Crippen LogP contribution < -0.4 is 9.80 Å². The fraction of sp³-hybridized carbons (Fsp3) is 0.368. The largest absolute Gasteiger partial charge is 0.459 e. The molecule has 0 aliphatic heterocycles. The van der Waals surface area contributed by atoms with E-state index < -0.39 is 0 Å². The number of hydrogen-bond donors (Lipinski definition) is 1. The first-order valence-corrected chi connectivity index (χ1v) is 9.29. The van der Waals surface area contributed by atoms with Gasteiger partial charge in [-0.25, -0.2) is 4.98 Å². The number of benzene rings is 1. The number of furan rings is 1. The van der Waals surface area contributed by atoms with Gasteiger partial charge in [0.2, 0.25) is 0 Å². The van der Waals surface area contributed by atoms with Crippen LogP contribution in [0.25, 0.3) is 10.2 Å². The van der Waals surface area contributed by atoms with E-state index in [2.05, 4.69) is 40.1 Å². The number of aromatic nitrogens is 1. The summed E-state index contributed by atoms with van der Waals surface area (Å²) < 4.78 is 6.46. The zero-order chi connectivity index (χ0) is 18.0. The molecule has 0 unspecified atom stereocenters. The van der Waals surface area contributed by atoms with Crippen LogP contribution in [0.1, 0.15) is 28.1 Å². The van der Waals surface area contributed by atoms with E-state index in [-0.39, 0.29) is 5.91 Å². The van der Waals surface area contributed by atoms with Crippen molar-refractivity contribution < 1.29 is 14.1 Å². The molecule has 1 amide bonds. The molecule has 5 nitrogen and oxygen atoms in total. The van der Waals surface area contributed by atoms with Crippen LogP contribution in [-0.2, 0) is 0 Å². The number of fused-ring (bicyclic) bond motifs is 1. The lowest BCUT2D eigenvalue weighted by Gasteiger charge is -2.19. The number of nitrogens with one attached hydrogen (secondary N) is 1. The number of amides is 1. The number of aryl methyl sites for hydroxylation is 2. The van der Waals surface area contributed by atoms with Gasteiger partial charge in [0, 0.05) is 13.0 Å². The summed E-state index contributed by atoms with van der Waals surface area (Å²) in [4.78, 5) is 20.8. The van der Waals surface area contributed by atoms with Gasteiger partial charge < -0.3 is 9.32 Å². The second-order valence-electron chi connectivity index (χ2n) is 6.67. The van der Waals surface area contributed by atoms with Crippen LogP contribution in [0.4, 0.5) is 5.13 Å². The van der Waals surface area contributed by atoms with Gasteiger partial charge >= 0.3 is 0 Å². The topological polar surface area (TPSA) is 50.8 Å². The van der Waals surface area contributed by atoms with Crippen molar-refractivity contribution in [3.05, 3.63) is 47.4 Å². The number of hydrogen-bond acceptors (Lipinski definition) is 4. The Morgan fingerprint density at radius 3 is 2.80 bits per heavy atom. The molecule has 2 aromatic heterocycles. The molecular weight excluding hydrogens is 334 g/mol. The van der Waals surface area contributed by atoms with E-state index in [1.54, 1.807) is 28.4 Å². The van der Waals surface area contributed by atoms with Crippen molar-refractivity contribution in [3.8, 4) is 0 Å². The fourth-order valence-corrected chi connectivity index (χ4v) is 3.93. The van der Waals surface area contributed by atoms with Crippen molar-refractivity contribution in [2.24, 2.45) is 0 Å². The summed E-state index contributed by atoms with van der Waals surface area (Å²) in [6.07, 6.45) is 2.43. The van der Waals surface area contributed by atoms with Crippen molar-refractivity contribution in [2.45, 2.75) is 20.3 Å². The second kappa shape index (κ2) is 7.37. The first kappa shape index (κ1) is 17.6. The minimum Gasteiger partial charge on any atom is -0.459 e. The maximum atomic E-state index is 12.9. The summed E-state index contributed by atoms with van der Waals surface area (Å²) in [5.41, 5.74) is 3.33. The van der Waals surface area contributed by atoms with E-state index >= 15 is 0 Å². The van der Waals surface area contributed by atoms with Crippen LogP contribution in [0, 0.1) is 13.8 Å². The van der Waals surface area contributed by atoms with Crippen LogP contribution in [0.15, 0.2) is 34.9 Å². The lowest BCUT2D eigenvalue weighted by Crippen LogP contribution is -3.05. The summed E-state index contributed by atoms with van der Waals surface area (Å²) in [7, 11) is 4.23. The molecule has 0 aliphatic rings. The first-order valence-electron chi connectivity index (χ1n) is 8.48. The molecule has 0 atom stereocenters. The molecule has 0 saturated heterocycles. The lowest BCUT2D eigenvalue weighted by atomic mass is 10.1. The highest BCUT2D eigenvalue weighted by atomic mass is 32.1. The van der Waals surface area contributed by atoms with Gasteiger partial charge in [-0.2, -0.15) is 0 Å². The Balaban J connectivity index is 1.95. The Labute approximate surface area is 151 Å². The molecule has 0 radical (unpaired) electrons. The Bertz CT molecular complexity index is 868. The number of thiazole rings is 1. The number of anilines is 1. The Hall–Kier alpha value is -2.18. The SMILES string of the molecule is Cc1cc(C)c2sc(N(CCC[NH+](C)C)C(=O)c3ccco3)nc2c1. The zero-order valence-electron chi connectivity index (χ0n) is 15.1. The van der Waals surface area contributed by atoms with Gasteiger partial charge in [0.25, 0.3) is 5.91 Å². The van der Waals surface area contributed by atoms with Gasteiger partial charge in [0.1, 0.15) is 0 Å². The molecule has 6 heteroatoms. The molecule has 2 heterocycles. The van der Waals surface area contributed by atoms with Crippen LogP contribution >= 0.6 is 11.3 Å². The molecule has 0 spiro atoms. The van der Waals surface area contributed by atoms with Gasteiger partial charge in [-0.3, -0.25) is 9.69 Å². The van der Waals surface area contributed by atoms with Crippen molar-refractivity contribution in [2.75, 3.05) is 32.1 Å². The highest BCUT2D eigenvalue weighted by Gasteiger charge is 2.23. The van der Waals surface area contributed by atoms with Crippen LogP contribution in [-0.4, -0.2) is 38.1 Å². The smallest absolute Gasteiger partial charge is 0.295 e. The predicted molar refractivity (Wildman–Crippen MR) is 102 cm³/mol. The number of quaternary nitrogens is 1. The third kappa shape index (κ3) is 3.91. The van der Waals surface area contributed by atoms with Gasteiger partial charge in [-0.05, 0) is 43.2 Å². The molecule has 3 aromatic rings. The molecular formula is C19H24N3O2S+. The van der Waals surface area contributed by atoms with Crippen molar-refractivity contribution >= 4 is 32.6 Å². The molecule has 0 fully saturated rings. The highest BCUT2D eigenvalue weighted by molar-refractivity contribution is 7.22. The molecule has 0 aliphatic carbocycles. The number of carbonyl (C=O) groups is 1. The van der Waals surface area contributed by atoms with E-state index in [9.17, 15) is 4.79 Å². The summed E-state index contributed by atoms with van der Waals surface area (Å²) in [5, 5.41) is 0.735. The maximum absolute atomic E-state index is 12.9. The number of nitrogens with zero attached hydrogens (tertiary/aromatic N) is 2. The van der Waals surface area contributed by atoms with Gasteiger partial charge in [-0.1, -0.05) is 17.4 Å². The molecule has 1 aromatic carbocycles. The van der Waals surface area contributed by atoms with Gasteiger partial charge in [0.15, 0.2) is 10.9 Å². The van der Waals surface area contributed by atoms with Crippen LogP contribution in [0.3, 0.4) is 0 Å². The minimum atomic E-state index is -0.132. The summed E-state index contributed by atoms with van der Waals surface area (Å²) in [5.74, 6) is 0.219. The van der Waals surface area contributed by atoms with E-state index in [0.29, 0.717) is 12.3 Å². The van der Waals surface area contributed by atoms with E-state index in [1.807, 2.05) is 0 Å². The van der Waals surface area contributed by atoms with Gasteiger partial charge in [-0.15, -0.1) is 0 Å². The highest BCUT2D eigenvalue weighted by Crippen LogP contribution is 2.32. The van der Waals surface area contributed by atoms with E-state index in [1.165, 1.54) is 22.3 Å². The molecule has 3 rings (SSSR count). The first-order chi connectivity index (χ1) is 12.0. The van der Waals surface area contributed by atoms with Crippen LogP contribution in [0.5, 0.6) is 0 Å². The Morgan fingerprint density at radius 1 is 1.32 bits per heavy atom. The summed E-state index contributed by atoms with van der Waals surface area (Å²) >= 11 is 1.57. The Morgan fingerprint density at radius 2 is 2.12 bits per heavy atom. The minimum absolute atomic E-state index is 0.132. The molecule has 132 valence electrons. The maximum Gasteiger partial charge on any atom is 0.295 e. The van der Waals surface area contributed by atoms with E-state index in [4.69, 9.17) is 9.40 Å². The molecule has 0 bridgehead atoms. The third-order valence-electron chi connectivity index (χ3n) is 4.08. The van der Waals surface area contributed by atoms with E-state index in [0.717, 1.165) is 28.3 Å². The predicted octanol–water partition coefficient (Wildman–Crippen LogP) is 2.69. The number of rotatable bonds is 6. The van der Waals surface area contributed by atoms with Crippen molar-refractivity contribution in [3.63, 3.8) is 0 Å². The summed E-state index contributed by atoms with van der Waals surface area (Å²) in [6, 6.07) is 7.66. The van der Waals surface area contributed by atoms with Crippen molar-refractivity contribution in [1.29, 1.82) is 0 Å². The second-order valence-corrected chi connectivity index (χ2v) is 7.65. The average molecular weight is 358 g/mol. The molecule has 0 saturated carbocycles. The summed E-state index contributed by atoms with van der Waals surface area (Å²) in [6.45, 7) is 5.77. The standard InChI is InChI=1S/C19H23N3O2S/c1-13-11-14(2)17-15(12-13)20-19(25-17)22(9-6-8-21(3)4)18(23)16-7-5-10-24-16/h5,7,10-12H,6,8-9H2,1-4H3/p+1. The third-order valence-corrected chi connectivity index (χ3v) is 5.30. The average Bonchev–Trinajstić information content (AvgIpc) is 3.20. The fourth-order valence-electron chi connectivity index (χ4n) is 2.89. The normalized spacial score (nSPS) is 11.4. The monoisotopic (exact) mass is 358 g/mol.